The first-order chi connectivity index (χ1) is 9.04. The number of hydrogen-bond donors (Lipinski definition) is 1. The lowest BCUT2D eigenvalue weighted by atomic mass is 9.78. The van der Waals surface area contributed by atoms with Gasteiger partial charge in [0.15, 0.2) is 0 Å². The molecule has 0 bridgehead atoms. The minimum atomic E-state index is -0.105. The minimum absolute atomic E-state index is 0.0391. The quantitative estimate of drug-likeness (QED) is 0.796. The van der Waals surface area contributed by atoms with E-state index in [4.69, 9.17) is 0 Å². The van der Waals surface area contributed by atoms with Crippen molar-refractivity contribution in [3.8, 4) is 0 Å². The van der Waals surface area contributed by atoms with E-state index in [9.17, 15) is 4.79 Å². The summed E-state index contributed by atoms with van der Waals surface area (Å²) in [5.74, 6) is 0.722. The molecule has 0 saturated heterocycles. The Kier molecular flexibility index (Phi) is 5.01. The van der Waals surface area contributed by atoms with Gasteiger partial charge in [0.2, 0.25) is 0 Å². The highest BCUT2D eigenvalue weighted by atomic mass is 79.9. The molecule has 1 heterocycles. The highest BCUT2D eigenvalue weighted by Gasteiger charge is 2.34. The van der Waals surface area contributed by atoms with Gasteiger partial charge in [0.1, 0.15) is 0 Å². The zero-order chi connectivity index (χ0) is 13.9. The summed E-state index contributed by atoms with van der Waals surface area (Å²) in [7, 11) is 0. The van der Waals surface area contributed by atoms with Crippen molar-refractivity contribution in [1.82, 2.24) is 10.3 Å². The first-order valence-corrected chi connectivity index (χ1v) is 8.45. The summed E-state index contributed by atoms with van der Waals surface area (Å²) < 4.78 is 0.824. The first-order valence-electron chi connectivity index (χ1n) is 6.54. The van der Waals surface area contributed by atoms with Gasteiger partial charge in [-0.15, -0.1) is 0 Å². The Morgan fingerprint density at radius 3 is 2.74 bits per heavy atom. The summed E-state index contributed by atoms with van der Waals surface area (Å²) in [5.41, 5.74) is 0.500. The maximum Gasteiger partial charge on any atom is 0.253 e. The van der Waals surface area contributed by atoms with Crippen LogP contribution >= 0.6 is 31.9 Å². The number of nitrogens with zero attached hydrogens (tertiary/aromatic N) is 1. The molecule has 1 N–H and O–H groups in total. The van der Waals surface area contributed by atoms with Crippen LogP contribution in [0.4, 0.5) is 0 Å². The van der Waals surface area contributed by atoms with E-state index in [2.05, 4.69) is 49.1 Å². The Morgan fingerprint density at radius 1 is 1.47 bits per heavy atom. The van der Waals surface area contributed by atoms with Crippen molar-refractivity contribution < 1.29 is 4.79 Å². The van der Waals surface area contributed by atoms with Crippen molar-refractivity contribution in [1.29, 1.82) is 0 Å². The van der Waals surface area contributed by atoms with Crippen LogP contribution in [0.2, 0.25) is 0 Å². The third kappa shape index (κ3) is 3.78. The smallest absolute Gasteiger partial charge is 0.253 e. The van der Waals surface area contributed by atoms with Crippen molar-refractivity contribution in [3.05, 3.63) is 28.5 Å². The maximum atomic E-state index is 12.3. The lowest BCUT2D eigenvalue weighted by molar-refractivity contribution is 0.0874. The van der Waals surface area contributed by atoms with Crippen molar-refractivity contribution in [2.45, 2.75) is 38.1 Å². The summed E-state index contributed by atoms with van der Waals surface area (Å²) in [6.07, 6.45) is 7.69. The molecule has 0 atom stereocenters. The zero-order valence-electron chi connectivity index (χ0n) is 11.0. The zero-order valence-corrected chi connectivity index (χ0v) is 14.1. The molecule has 19 heavy (non-hydrogen) atoms. The van der Waals surface area contributed by atoms with Crippen LogP contribution in [0.25, 0.3) is 0 Å². The molecule has 1 aliphatic rings. The van der Waals surface area contributed by atoms with Crippen LogP contribution < -0.4 is 5.32 Å². The van der Waals surface area contributed by atoms with Gasteiger partial charge in [-0.05, 0) is 53.6 Å². The van der Waals surface area contributed by atoms with Crippen LogP contribution in [0.3, 0.4) is 0 Å². The molecule has 104 valence electrons. The molecule has 0 radical (unpaired) electrons. The van der Waals surface area contributed by atoms with Crippen LogP contribution in [0.1, 0.15) is 43.0 Å². The molecular formula is C14H18Br2N2O. The normalized spacial score (nSPS) is 27.0. The van der Waals surface area contributed by atoms with Gasteiger partial charge < -0.3 is 5.32 Å². The molecule has 3 nitrogen and oxygen atoms in total. The fourth-order valence-electron chi connectivity index (χ4n) is 2.46. The van der Waals surface area contributed by atoms with Gasteiger partial charge >= 0.3 is 0 Å². The Hall–Kier alpha value is -0.420. The fourth-order valence-corrected chi connectivity index (χ4v) is 3.52. The molecule has 1 aliphatic carbocycles. The Morgan fingerprint density at radius 2 is 2.16 bits per heavy atom. The lowest BCUT2D eigenvalue weighted by Gasteiger charge is -2.39. The topological polar surface area (TPSA) is 42.0 Å². The number of rotatable bonds is 3. The molecule has 2 rings (SSSR count). The second-order valence-corrected chi connectivity index (χ2v) is 6.92. The summed E-state index contributed by atoms with van der Waals surface area (Å²) >= 11 is 6.91. The van der Waals surface area contributed by atoms with E-state index in [0.717, 1.165) is 28.6 Å². The van der Waals surface area contributed by atoms with Gasteiger partial charge in [-0.25, -0.2) is 0 Å². The first kappa shape index (κ1) is 15.0. The van der Waals surface area contributed by atoms with Crippen LogP contribution in [0.5, 0.6) is 0 Å². The fraction of sp³-hybridized carbons (Fsp3) is 0.571. The van der Waals surface area contributed by atoms with Gasteiger partial charge in [0, 0.05) is 22.2 Å². The standard InChI is InChI=1S/C14H18Br2N2O/c1-10-2-4-14(9-15,5-3-10)18-13(19)11-6-12(16)8-17-7-11/h6-8,10H,2-5,9H2,1H3,(H,18,19). The number of halogens is 2. The Bertz CT molecular complexity index is 457. The number of carbonyl (C=O) groups is 1. The van der Waals surface area contributed by atoms with E-state index < -0.39 is 0 Å². The largest absolute Gasteiger partial charge is 0.346 e. The van der Waals surface area contributed by atoms with Gasteiger partial charge in [0.25, 0.3) is 5.91 Å². The second-order valence-electron chi connectivity index (χ2n) is 5.44. The molecule has 0 aromatic carbocycles. The number of aromatic nitrogens is 1. The maximum absolute atomic E-state index is 12.3. The SMILES string of the molecule is CC1CCC(CBr)(NC(=O)c2cncc(Br)c2)CC1. The van der Waals surface area contributed by atoms with Crippen LogP contribution in [0, 0.1) is 5.92 Å². The molecule has 0 aliphatic heterocycles. The lowest BCUT2D eigenvalue weighted by Crippen LogP contribution is -2.52. The molecular weight excluding hydrogens is 372 g/mol. The number of nitrogens with one attached hydrogen (secondary N) is 1. The van der Waals surface area contributed by atoms with E-state index in [1.807, 2.05) is 0 Å². The van der Waals surface area contributed by atoms with E-state index in [1.165, 1.54) is 12.8 Å². The molecule has 0 unspecified atom stereocenters. The van der Waals surface area contributed by atoms with Crippen molar-refractivity contribution in [2.75, 3.05) is 5.33 Å². The molecule has 1 aromatic rings. The number of amides is 1. The average Bonchev–Trinajstić information content (AvgIpc) is 2.42. The van der Waals surface area contributed by atoms with Crippen LogP contribution in [-0.2, 0) is 0 Å². The Labute approximate surface area is 130 Å². The number of carbonyl (C=O) groups excluding carboxylic acids is 1. The number of hydrogen-bond acceptors (Lipinski definition) is 2. The Balaban J connectivity index is 2.08. The molecule has 1 fully saturated rings. The second kappa shape index (κ2) is 6.35. The summed E-state index contributed by atoms with van der Waals surface area (Å²) in [6, 6.07) is 1.80. The van der Waals surface area contributed by atoms with Gasteiger partial charge in [-0.2, -0.15) is 0 Å². The van der Waals surface area contributed by atoms with E-state index in [1.54, 1.807) is 18.5 Å². The molecule has 5 heteroatoms. The van der Waals surface area contributed by atoms with E-state index in [0.29, 0.717) is 5.56 Å². The number of alkyl halides is 1. The highest BCUT2D eigenvalue weighted by molar-refractivity contribution is 9.10. The van der Waals surface area contributed by atoms with Crippen LogP contribution in [0.15, 0.2) is 22.9 Å². The summed E-state index contributed by atoms with van der Waals surface area (Å²) in [6.45, 7) is 2.28. The summed E-state index contributed by atoms with van der Waals surface area (Å²) in [4.78, 5) is 16.4. The molecule has 1 aromatic heterocycles. The highest BCUT2D eigenvalue weighted by Crippen LogP contribution is 2.33. The van der Waals surface area contributed by atoms with Crippen molar-refractivity contribution in [3.63, 3.8) is 0 Å². The van der Waals surface area contributed by atoms with Gasteiger partial charge in [-0.1, -0.05) is 22.9 Å². The van der Waals surface area contributed by atoms with Gasteiger partial charge in [-0.3, -0.25) is 9.78 Å². The monoisotopic (exact) mass is 388 g/mol. The number of pyridine rings is 1. The van der Waals surface area contributed by atoms with Crippen molar-refractivity contribution >= 4 is 37.8 Å². The molecule has 0 spiro atoms. The van der Waals surface area contributed by atoms with E-state index >= 15 is 0 Å². The third-order valence-electron chi connectivity index (χ3n) is 3.83. The predicted octanol–water partition coefficient (Wildman–Crippen LogP) is 3.92. The molecule has 1 saturated carbocycles. The average molecular weight is 390 g/mol. The van der Waals surface area contributed by atoms with E-state index in [-0.39, 0.29) is 11.4 Å². The molecule has 1 amide bonds. The predicted molar refractivity (Wildman–Crippen MR) is 83.6 cm³/mol. The van der Waals surface area contributed by atoms with Crippen molar-refractivity contribution in [2.24, 2.45) is 5.92 Å². The third-order valence-corrected chi connectivity index (χ3v) is 5.34. The summed E-state index contributed by atoms with van der Waals surface area (Å²) in [5, 5.41) is 4.00. The van der Waals surface area contributed by atoms with Gasteiger partial charge in [0.05, 0.1) is 11.1 Å². The van der Waals surface area contributed by atoms with Crippen LogP contribution in [-0.4, -0.2) is 21.8 Å². The minimum Gasteiger partial charge on any atom is -0.346 e.